The molecule has 4 nitrogen and oxygen atoms in total. The molecule has 86 valence electrons. The van der Waals surface area contributed by atoms with Crippen molar-refractivity contribution in [2.45, 2.75) is 6.42 Å². The van der Waals surface area contributed by atoms with Gasteiger partial charge in [0.15, 0.2) is 0 Å². The van der Waals surface area contributed by atoms with Crippen molar-refractivity contribution in [3.8, 4) is 0 Å². The Balaban J connectivity index is 2.27. The van der Waals surface area contributed by atoms with E-state index in [1.807, 2.05) is 29.3 Å². The fourth-order valence-electron chi connectivity index (χ4n) is 1.87. The van der Waals surface area contributed by atoms with Gasteiger partial charge in [0, 0.05) is 24.0 Å². The number of hydrazine groups is 1. The van der Waals surface area contributed by atoms with Gasteiger partial charge in [-0.15, -0.1) is 0 Å². The minimum absolute atomic E-state index is 0.140. The average molecular weight is 284 g/mol. The van der Waals surface area contributed by atoms with Crippen LogP contribution in [0, 0.1) is 0 Å². The number of nitrogens with zero attached hydrogens (tertiary/aromatic N) is 2. The van der Waals surface area contributed by atoms with Gasteiger partial charge in [-0.2, -0.15) is 0 Å². The van der Waals surface area contributed by atoms with Crippen molar-refractivity contribution in [2.24, 2.45) is 5.73 Å². The lowest BCUT2D eigenvalue weighted by Gasteiger charge is -2.30. The molecule has 0 bridgehead atoms. The van der Waals surface area contributed by atoms with E-state index in [0.717, 1.165) is 16.7 Å². The third-order valence-electron chi connectivity index (χ3n) is 2.59. The largest absolute Gasteiger partial charge is 0.329 e. The van der Waals surface area contributed by atoms with Gasteiger partial charge in [-0.3, -0.25) is 14.8 Å². The number of carbonyl (C=O) groups excluding carboxylic acids is 1. The molecule has 0 radical (unpaired) electrons. The first kappa shape index (κ1) is 11.4. The highest BCUT2D eigenvalue weighted by Gasteiger charge is 2.29. The molecular weight excluding hydrogens is 270 g/mol. The summed E-state index contributed by atoms with van der Waals surface area (Å²) in [7, 11) is 0. The zero-order chi connectivity index (χ0) is 11.5. The van der Waals surface area contributed by atoms with E-state index >= 15 is 0 Å². The van der Waals surface area contributed by atoms with Crippen LogP contribution in [0.2, 0.25) is 0 Å². The van der Waals surface area contributed by atoms with Crippen molar-refractivity contribution in [1.82, 2.24) is 5.01 Å². The van der Waals surface area contributed by atoms with Crippen LogP contribution in [0.3, 0.4) is 0 Å². The molecule has 0 aromatic heterocycles. The molecule has 2 N–H and O–H groups in total. The molecule has 0 aliphatic carbocycles. The summed E-state index contributed by atoms with van der Waals surface area (Å²) >= 11 is 3.49. The molecule has 16 heavy (non-hydrogen) atoms. The molecule has 0 unspecified atom stereocenters. The standard InChI is InChI=1S/C11H14BrN3O/c12-9-3-1-2-4-10(9)14-7-5-11(16)15(14)8-6-13/h1-4H,5-8,13H2. The minimum Gasteiger partial charge on any atom is -0.329 e. The second-order valence-corrected chi connectivity index (χ2v) is 4.48. The van der Waals surface area contributed by atoms with Crippen molar-refractivity contribution in [3.63, 3.8) is 0 Å². The van der Waals surface area contributed by atoms with Crippen LogP contribution in [0.15, 0.2) is 28.7 Å². The van der Waals surface area contributed by atoms with E-state index in [1.165, 1.54) is 0 Å². The van der Waals surface area contributed by atoms with E-state index in [0.29, 0.717) is 19.5 Å². The first-order valence-electron chi connectivity index (χ1n) is 5.26. The smallest absolute Gasteiger partial charge is 0.242 e. The molecular formula is C11H14BrN3O. The van der Waals surface area contributed by atoms with Crippen LogP contribution < -0.4 is 10.7 Å². The van der Waals surface area contributed by atoms with Crippen LogP contribution in [-0.4, -0.2) is 30.6 Å². The predicted molar refractivity (Wildman–Crippen MR) is 66.9 cm³/mol. The summed E-state index contributed by atoms with van der Waals surface area (Å²) in [5.41, 5.74) is 6.53. The molecule has 1 saturated heterocycles. The van der Waals surface area contributed by atoms with Gasteiger partial charge >= 0.3 is 0 Å². The van der Waals surface area contributed by atoms with E-state index < -0.39 is 0 Å². The fraction of sp³-hybridized carbons (Fsp3) is 0.364. The zero-order valence-corrected chi connectivity index (χ0v) is 10.5. The third kappa shape index (κ3) is 2.05. The SMILES string of the molecule is NCCN1C(=O)CCN1c1ccccc1Br. The Morgan fingerprint density at radius 3 is 2.81 bits per heavy atom. The predicted octanol–water partition coefficient (Wildman–Crippen LogP) is 1.36. The normalized spacial score (nSPS) is 16.0. The number of rotatable bonds is 3. The maximum atomic E-state index is 11.7. The van der Waals surface area contributed by atoms with Gasteiger partial charge in [0.1, 0.15) is 0 Å². The summed E-state index contributed by atoms with van der Waals surface area (Å²) in [6, 6.07) is 7.88. The van der Waals surface area contributed by atoms with Gasteiger partial charge in [0.2, 0.25) is 5.91 Å². The molecule has 1 aliphatic rings. The highest BCUT2D eigenvalue weighted by molar-refractivity contribution is 9.10. The Morgan fingerprint density at radius 1 is 1.38 bits per heavy atom. The Bertz CT molecular complexity index is 397. The van der Waals surface area contributed by atoms with Gasteiger partial charge in [-0.1, -0.05) is 12.1 Å². The van der Waals surface area contributed by atoms with Gasteiger partial charge in [-0.25, -0.2) is 0 Å². The van der Waals surface area contributed by atoms with Crippen LogP contribution in [0.25, 0.3) is 0 Å². The van der Waals surface area contributed by atoms with E-state index in [4.69, 9.17) is 5.73 Å². The average Bonchev–Trinajstić information content (AvgIpc) is 2.62. The second kappa shape index (κ2) is 4.84. The molecule has 0 saturated carbocycles. The Labute approximate surface area is 103 Å². The second-order valence-electron chi connectivity index (χ2n) is 3.63. The monoisotopic (exact) mass is 283 g/mol. The molecule has 1 aromatic carbocycles. The van der Waals surface area contributed by atoms with Gasteiger partial charge < -0.3 is 5.73 Å². The zero-order valence-electron chi connectivity index (χ0n) is 8.90. The van der Waals surface area contributed by atoms with Crippen LogP contribution in [0.1, 0.15) is 6.42 Å². The highest BCUT2D eigenvalue weighted by Crippen LogP contribution is 2.29. The maximum absolute atomic E-state index is 11.7. The number of carbonyl (C=O) groups is 1. The van der Waals surface area contributed by atoms with E-state index in [-0.39, 0.29) is 5.91 Å². The van der Waals surface area contributed by atoms with E-state index in [2.05, 4.69) is 15.9 Å². The number of hydrogen-bond donors (Lipinski definition) is 1. The van der Waals surface area contributed by atoms with Crippen LogP contribution in [-0.2, 0) is 4.79 Å². The summed E-state index contributed by atoms with van der Waals surface area (Å²) in [6.07, 6.45) is 0.557. The van der Waals surface area contributed by atoms with Gasteiger partial charge in [0.25, 0.3) is 0 Å². The molecule has 5 heteroatoms. The van der Waals surface area contributed by atoms with Crippen molar-refractivity contribution in [1.29, 1.82) is 0 Å². The minimum atomic E-state index is 0.140. The van der Waals surface area contributed by atoms with Crippen molar-refractivity contribution in [3.05, 3.63) is 28.7 Å². The Hall–Kier alpha value is -1.07. The summed E-state index contributed by atoms with van der Waals surface area (Å²) in [5, 5.41) is 3.71. The fourth-order valence-corrected chi connectivity index (χ4v) is 2.35. The summed E-state index contributed by atoms with van der Waals surface area (Å²) in [4.78, 5) is 11.7. The van der Waals surface area contributed by atoms with Crippen molar-refractivity contribution in [2.75, 3.05) is 24.6 Å². The number of nitrogens with two attached hydrogens (primary N) is 1. The van der Waals surface area contributed by atoms with E-state index in [9.17, 15) is 4.79 Å². The molecule has 2 rings (SSSR count). The van der Waals surface area contributed by atoms with E-state index in [1.54, 1.807) is 5.01 Å². The molecule has 1 heterocycles. The lowest BCUT2D eigenvalue weighted by Crippen LogP contribution is -2.42. The lowest BCUT2D eigenvalue weighted by molar-refractivity contribution is -0.128. The summed E-state index contributed by atoms with van der Waals surface area (Å²) in [5.74, 6) is 0.140. The number of benzene rings is 1. The molecule has 0 spiro atoms. The van der Waals surface area contributed by atoms with Crippen LogP contribution >= 0.6 is 15.9 Å². The lowest BCUT2D eigenvalue weighted by atomic mass is 10.3. The van der Waals surface area contributed by atoms with Gasteiger partial charge in [-0.05, 0) is 28.1 Å². The topological polar surface area (TPSA) is 49.6 Å². The number of amides is 1. The van der Waals surface area contributed by atoms with Crippen molar-refractivity contribution < 1.29 is 4.79 Å². The Morgan fingerprint density at radius 2 is 2.12 bits per heavy atom. The first-order chi connectivity index (χ1) is 7.74. The molecule has 0 atom stereocenters. The number of para-hydroxylation sites is 1. The molecule has 1 aromatic rings. The summed E-state index contributed by atoms with van der Waals surface area (Å²) in [6.45, 7) is 1.77. The molecule has 1 fully saturated rings. The number of anilines is 1. The van der Waals surface area contributed by atoms with Crippen LogP contribution in [0.5, 0.6) is 0 Å². The van der Waals surface area contributed by atoms with Crippen molar-refractivity contribution >= 4 is 27.5 Å². The van der Waals surface area contributed by atoms with Crippen LogP contribution in [0.4, 0.5) is 5.69 Å². The summed E-state index contributed by atoms with van der Waals surface area (Å²) < 4.78 is 0.992. The molecule has 1 amide bonds. The number of halogens is 1. The highest BCUT2D eigenvalue weighted by atomic mass is 79.9. The maximum Gasteiger partial charge on any atom is 0.242 e. The third-order valence-corrected chi connectivity index (χ3v) is 3.26. The molecule has 1 aliphatic heterocycles. The quantitative estimate of drug-likeness (QED) is 0.911. The van der Waals surface area contributed by atoms with Gasteiger partial charge in [0.05, 0.1) is 12.2 Å². The number of hydrogen-bond acceptors (Lipinski definition) is 3. The first-order valence-corrected chi connectivity index (χ1v) is 6.05. The Kier molecular flexibility index (Phi) is 3.46.